The van der Waals surface area contributed by atoms with Crippen LogP contribution in [0.5, 0.6) is 11.5 Å². The molecule has 5 heteroatoms. The zero-order valence-electron chi connectivity index (χ0n) is 11.4. The van der Waals surface area contributed by atoms with Crippen LogP contribution in [0.15, 0.2) is 18.4 Å². The minimum atomic E-state index is -0.340. The van der Waals surface area contributed by atoms with Crippen LogP contribution in [0.1, 0.15) is 36.6 Å². The van der Waals surface area contributed by atoms with Crippen molar-refractivity contribution in [3.8, 4) is 11.5 Å². The molecular formula is C15H20N2O3. The van der Waals surface area contributed by atoms with Crippen molar-refractivity contribution in [2.45, 2.75) is 25.5 Å². The summed E-state index contributed by atoms with van der Waals surface area (Å²) in [7, 11) is 0. The molecular weight excluding hydrogens is 256 g/mol. The first-order valence-electron chi connectivity index (χ1n) is 7.06. The number of hydrogen-bond donors (Lipinski definition) is 3. The van der Waals surface area contributed by atoms with E-state index in [0.717, 1.165) is 37.1 Å². The Morgan fingerprint density at radius 2 is 1.95 bits per heavy atom. The van der Waals surface area contributed by atoms with Crippen molar-refractivity contribution < 1.29 is 14.9 Å². The highest BCUT2D eigenvalue weighted by Crippen LogP contribution is 2.44. The smallest absolute Gasteiger partial charge is 0.182 e. The van der Waals surface area contributed by atoms with Gasteiger partial charge in [0.2, 0.25) is 0 Å². The summed E-state index contributed by atoms with van der Waals surface area (Å²) in [5, 5.41) is 20.0. The van der Waals surface area contributed by atoms with E-state index in [0.29, 0.717) is 12.1 Å². The Kier molecular flexibility index (Phi) is 3.54. The molecule has 1 fully saturated rings. The second-order valence-electron chi connectivity index (χ2n) is 5.33. The van der Waals surface area contributed by atoms with Crippen LogP contribution in [0.4, 0.5) is 0 Å². The molecule has 0 amide bonds. The Bertz CT molecular complexity index is 536. The van der Waals surface area contributed by atoms with Crippen LogP contribution in [0.3, 0.4) is 0 Å². The number of nitrogens with zero attached hydrogens (tertiary/aromatic N) is 1. The molecule has 3 rings (SSSR count). The Labute approximate surface area is 118 Å². The van der Waals surface area contributed by atoms with Crippen molar-refractivity contribution in [2.75, 3.05) is 19.6 Å². The quantitative estimate of drug-likeness (QED) is 0.719. The number of rotatable bonds is 2. The van der Waals surface area contributed by atoms with Crippen LogP contribution >= 0.6 is 0 Å². The second kappa shape index (κ2) is 5.34. The molecule has 0 saturated carbocycles. The SMILES string of the molecule is NCC1=COC(N2CCCCC2)c2c1ccc(O)c2O. The van der Waals surface area contributed by atoms with E-state index in [9.17, 15) is 10.2 Å². The molecule has 4 N–H and O–H groups in total. The number of ether oxygens (including phenoxy) is 1. The van der Waals surface area contributed by atoms with Gasteiger partial charge < -0.3 is 20.7 Å². The summed E-state index contributed by atoms with van der Waals surface area (Å²) in [5.74, 6) is -0.218. The maximum Gasteiger partial charge on any atom is 0.182 e. The number of phenolic OH excluding ortho intramolecular Hbond substituents is 2. The lowest BCUT2D eigenvalue weighted by atomic mass is 9.95. The maximum atomic E-state index is 10.2. The molecule has 0 bridgehead atoms. The highest BCUT2D eigenvalue weighted by Gasteiger charge is 2.32. The maximum absolute atomic E-state index is 10.2. The first-order valence-corrected chi connectivity index (χ1v) is 7.06. The Balaban J connectivity index is 2.04. The van der Waals surface area contributed by atoms with Gasteiger partial charge in [0, 0.05) is 25.2 Å². The normalized spacial score (nSPS) is 22.9. The van der Waals surface area contributed by atoms with Crippen molar-refractivity contribution in [1.29, 1.82) is 0 Å². The lowest BCUT2D eigenvalue weighted by molar-refractivity contribution is -0.0252. The van der Waals surface area contributed by atoms with E-state index >= 15 is 0 Å². The molecule has 1 atom stereocenters. The third-order valence-corrected chi connectivity index (χ3v) is 4.07. The molecule has 0 aromatic heterocycles. The first-order chi connectivity index (χ1) is 9.72. The summed E-state index contributed by atoms with van der Waals surface area (Å²) in [4.78, 5) is 2.20. The fraction of sp³-hybridized carbons (Fsp3) is 0.467. The van der Waals surface area contributed by atoms with E-state index in [4.69, 9.17) is 10.5 Å². The fourth-order valence-electron chi connectivity index (χ4n) is 2.98. The van der Waals surface area contributed by atoms with Crippen LogP contribution in [0, 0.1) is 0 Å². The van der Waals surface area contributed by atoms with Crippen LogP contribution in [0.25, 0.3) is 5.57 Å². The monoisotopic (exact) mass is 276 g/mol. The van der Waals surface area contributed by atoms with Crippen molar-refractivity contribution in [3.05, 3.63) is 29.5 Å². The number of hydrogen-bond acceptors (Lipinski definition) is 5. The molecule has 2 heterocycles. The summed E-state index contributed by atoms with van der Waals surface area (Å²) in [6.07, 6.45) is 4.82. The van der Waals surface area contributed by atoms with Gasteiger partial charge in [0.05, 0.1) is 11.8 Å². The predicted molar refractivity (Wildman–Crippen MR) is 76.1 cm³/mol. The van der Waals surface area contributed by atoms with Gasteiger partial charge in [0.15, 0.2) is 17.7 Å². The average Bonchev–Trinajstić information content (AvgIpc) is 2.50. The third-order valence-electron chi connectivity index (χ3n) is 4.07. The summed E-state index contributed by atoms with van der Waals surface area (Å²) < 4.78 is 5.80. The zero-order valence-corrected chi connectivity index (χ0v) is 11.4. The number of nitrogens with two attached hydrogens (primary N) is 1. The average molecular weight is 276 g/mol. The standard InChI is InChI=1S/C15H20N2O3/c16-8-10-9-20-15(17-6-2-1-3-7-17)13-11(10)4-5-12(18)14(13)19/h4-5,9,15,18-19H,1-3,6-8,16H2. The third kappa shape index (κ3) is 2.13. The van der Waals surface area contributed by atoms with E-state index in [1.165, 1.54) is 12.5 Å². The fourth-order valence-corrected chi connectivity index (χ4v) is 2.98. The van der Waals surface area contributed by atoms with Crippen LogP contribution in [0.2, 0.25) is 0 Å². The Hall–Kier alpha value is -1.72. The molecule has 108 valence electrons. The highest BCUT2D eigenvalue weighted by molar-refractivity contribution is 5.74. The molecule has 1 unspecified atom stereocenters. The van der Waals surface area contributed by atoms with Crippen molar-refractivity contribution in [2.24, 2.45) is 5.73 Å². The highest BCUT2D eigenvalue weighted by atomic mass is 16.5. The molecule has 0 spiro atoms. The number of aromatic hydroxyl groups is 2. The molecule has 2 aliphatic rings. The van der Waals surface area contributed by atoms with Crippen molar-refractivity contribution in [1.82, 2.24) is 4.90 Å². The molecule has 2 aliphatic heterocycles. The lowest BCUT2D eigenvalue weighted by Crippen LogP contribution is -2.36. The van der Waals surface area contributed by atoms with Gasteiger partial charge in [0.25, 0.3) is 0 Å². The topological polar surface area (TPSA) is 79.0 Å². The second-order valence-corrected chi connectivity index (χ2v) is 5.33. The largest absolute Gasteiger partial charge is 0.504 e. The van der Waals surface area contributed by atoms with Gasteiger partial charge in [-0.05, 0) is 24.5 Å². The summed E-state index contributed by atoms with van der Waals surface area (Å²) in [5.41, 5.74) is 8.06. The number of phenols is 2. The molecule has 1 aromatic rings. The minimum Gasteiger partial charge on any atom is -0.504 e. The molecule has 0 aliphatic carbocycles. The summed E-state index contributed by atoms with van der Waals surface area (Å²) >= 11 is 0. The number of likely N-dealkylation sites (tertiary alicyclic amines) is 1. The van der Waals surface area contributed by atoms with Crippen molar-refractivity contribution in [3.63, 3.8) is 0 Å². The summed E-state index contributed by atoms with van der Waals surface area (Å²) in [6, 6.07) is 3.29. The molecule has 20 heavy (non-hydrogen) atoms. The van der Waals surface area contributed by atoms with Gasteiger partial charge >= 0.3 is 0 Å². The number of piperidine rings is 1. The van der Waals surface area contributed by atoms with Gasteiger partial charge in [-0.1, -0.05) is 12.5 Å². The number of benzene rings is 1. The minimum absolute atomic E-state index is 0.0999. The van der Waals surface area contributed by atoms with Gasteiger partial charge in [0.1, 0.15) is 0 Å². The van der Waals surface area contributed by atoms with Crippen LogP contribution < -0.4 is 5.73 Å². The van der Waals surface area contributed by atoms with Gasteiger partial charge in [-0.2, -0.15) is 0 Å². The Morgan fingerprint density at radius 1 is 1.20 bits per heavy atom. The van der Waals surface area contributed by atoms with Gasteiger partial charge in [-0.25, -0.2) is 0 Å². The molecule has 5 nitrogen and oxygen atoms in total. The molecule has 0 radical (unpaired) electrons. The van der Waals surface area contributed by atoms with E-state index in [1.807, 2.05) is 0 Å². The van der Waals surface area contributed by atoms with Gasteiger partial charge in [-0.3, -0.25) is 4.90 Å². The van der Waals surface area contributed by atoms with E-state index in [1.54, 1.807) is 12.3 Å². The zero-order chi connectivity index (χ0) is 14.1. The van der Waals surface area contributed by atoms with E-state index in [-0.39, 0.29) is 17.7 Å². The Morgan fingerprint density at radius 3 is 2.65 bits per heavy atom. The van der Waals surface area contributed by atoms with E-state index in [2.05, 4.69) is 4.90 Å². The van der Waals surface area contributed by atoms with E-state index < -0.39 is 0 Å². The lowest BCUT2D eigenvalue weighted by Gasteiger charge is -2.37. The van der Waals surface area contributed by atoms with Gasteiger partial charge in [-0.15, -0.1) is 0 Å². The van der Waals surface area contributed by atoms with Crippen molar-refractivity contribution >= 4 is 5.57 Å². The van der Waals surface area contributed by atoms with Crippen LogP contribution in [-0.2, 0) is 4.74 Å². The summed E-state index contributed by atoms with van der Waals surface area (Å²) in [6.45, 7) is 2.21. The number of fused-ring (bicyclic) bond motifs is 1. The predicted octanol–water partition coefficient (Wildman–Crippen LogP) is 1.91. The molecule has 1 saturated heterocycles. The molecule has 1 aromatic carbocycles. The van der Waals surface area contributed by atoms with Crippen LogP contribution in [-0.4, -0.2) is 34.7 Å². The first kappa shape index (κ1) is 13.3.